The number of benzene rings is 2. The van der Waals surface area contributed by atoms with Crippen molar-refractivity contribution >= 4 is 35.0 Å². The van der Waals surface area contributed by atoms with Crippen molar-refractivity contribution in [2.24, 2.45) is 0 Å². The minimum Gasteiger partial charge on any atom is -0.410 e. The van der Waals surface area contributed by atoms with E-state index in [1.165, 1.54) is 24.3 Å². The van der Waals surface area contributed by atoms with Crippen LogP contribution in [-0.4, -0.2) is 16.9 Å². The van der Waals surface area contributed by atoms with Crippen molar-refractivity contribution in [1.29, 1.82) is 0 Å². The van der Waals surface area contributed by atoms with E-state index in [4.69, 9.17) is 16.3 Å². The van der Waals surface area contributed by atoms with Gasteiger partial charge in [-0.25, -0.2) is 9.69 Å². The van der Waals surface area contributed by atoms with Gasteiger partial charge in [-0.1, -0.05) is 11.6 Å². The molecule has 2 amide bonds. The molecule has 0 radical (unpaired) electrons. The molecule has 0 spiro atoms. The highest BCUT2D eigenvalue weighted by atomic mass is 35.5. The Morgan fingerprint density at radius 3 is 2.57 bits per heavy atom. The molecule has 3 rings (SSSR count). The molecule has 1 aliphatic heterocycles. The number of carbonyl (C=O) groups excluding carboxylic acids is 2. The fraction of sp³-hybridized carbons (Fsp3) is 0.0667. The van der Waals surface area contributed by atoms with Crippen LogP contribution >= 0.6 is 11.6 Å². The average molecular weight is 333 g/mol. The van der Waals surface area contributed by atoms with Gasteiger partial charge in [0.1, 0.15) is 5.75 Å². The molecule has 0 saturated carbocycles. The van der Waals surface area contributed by atoms with E-state index in [9.17, 15) is 19.7 Å². The molecule has 23 heavy (non-hydrogen) atoms. The second kappa shape index (κ2) is 5.69. The Morgan fingerprint density at radius 2 is 1.91 bits per heavy atom. The zero-order valence-corrected chi connectivity index (χ0v) is 12.3. The predicted molar refractivity (Wildman–Crippen MR) is 81.8 cm³/mol. The maximum atomic E-state index is 12.2. The second-order valence-electron chi connectivity index (χ2n) is 4.80. The number of fused-ring (bicyclic) bond motifs is 1. The van der Waals surface area contributed by atoms with E-state index in [-0.39, 0.29) is 17.9 Å². The number of nitro benzene ring substituents is 1. The Hall–Kier alpha value is -2.93. The van der Waals surface area contributed by atoms with Gasteiger partial charge in [0, 0.05) is 17.2 Å². The SMILES string of the molecule is O=C1Cc2cc(Cl)ccc2N1C(=O)Oc1ccc([N+](=O)[O-])cc1. The van der Waals surface area contributed by atoms with E-state index in [1.54, 1.807) is 18.2 Å². The number of halogens is 1. The van der Waals surface area contributed by atoms with Gasteiger partial charge in [-0.05, 0) is 35.9 Å². The summed E-state index contributed by atoms with van der Waals surface area (Å²) in [4.78, 5) is 35.2. The molecule has 8 heteroatoms. The normalized spacial score (nSPS) is 12.9. The Kier molecular flexibility index (Phi) is 3.71. The third-order valence-electron chi connectivity index (χ3n) is 3.31. The number of nitro groups is 1. The summed E-state index contributed by atoms with van der Waals surface area (Å²) in [6, 6.07) is 9.77. The first-order chi connectivity index (χ1) is 11.0. The molecule has 0 aliphatic carbocycles. The first kappa shape index (κ1) is 15.0. The van der Waals surface area contributed by atoms with Crippen LogP contribution in [0.2, 0.25) is 5.02 Å². The summed E-state index contributed by atoms with van der Waals surface area (Å²) in [6.45, 7) is 0. The van der Waals surface area contributed by atoms with Crippen molar-refractivity contribution in [3.63, 3.8) is 0 Å². The fourth-order valence-electron chi connectivity index (χ4n) is 2.27. The maximum absolute atomic E-state index is 12.2. The molecular formula is C15H9ClN2O5. The summed E-state index contributed by atoms with van der Waals surface area (Å²) in [7, 11) is 0. The number of hydrogen-bond donors (Lipinski definition) is 0. The number of imide groups is 1. The quantitative estimate of drug-likeness (QED) is 0.621. The Morgan fingerprint density at radius 1 is 1.22 bits per heavy atom. The number of carbonyl (C=O) groups is 2. The molecule has 116 valence electrons. The first-order valence-electron chi connectivity index (χ1n) is 6.53. The third-order valence-corrected chi connectivity index (χ3v) is 3.54. The van der Waals surface area contributed by atoms with Crippen molar-refractivity contribution in [3.8, 4) is 5.75 Å². The number of ether oxygens (including phenoxy) is 1. The molecule has 0 fully saturated rings. The van der Waals surface area contributed by atoms with E-state index < -0.39 is 16.9 Å². The molecule has 0 atom stereocenters. The summed E-state index contributed by atoms with van der Waals surface area (Å²) in [5.41, 5.74) is 0.941. The zero-order valence-electron chi connectivity index (χ0n) is 11.6. The second-order valence-corrected chi connectivity index (χ2v) is 5.23. The lowest BCUT2D eigenvalue weighted by Crippen LogP contribution is -2.36. The van der Waals surface area contributed by atoms with Crippen LogP contribution in [0.15, 0.2) is 42.5 Å². The van der Waals surface area contributed by atoms with E-state index in [0.717, 1.165) is 4.90 Å². The molecule has 2 aromatic carbocycles. The highest BCUT2D eigenvalue weighted by Gasteiger charge is 2.34. The highest BCUT2D eigenvalue weighted by Crippen LogP contribution is 2.32. The lowest BCUT2D eigenvalue weighted by atomic mass is 10.2. The van der Waals surface area contributed by atoms with Crippen molar-refractivity contribution < 1.29 is 19.2 Å². The summed E-state index contributed by atoms with van der Waals surface area (Å²) >= 11 is 5.87. The number of anilines is 1. The van der Waals surface area contributed by atoms with E-state index in [2.05, 4.69) is 0 Å². The summed E-state index contributed by atoms with van der Waals surface area (Å²) in [6.07, 6.45) is -0.810. The highest BCUT2D eigenvalue weighted by molar-refractivity contribution is 6.31. The maximum Gasteiger partial charge on any atom is 0.426 e. The standard InChI is InChI=1S/C15H9ClN2O5/c16-10-1-6-13-9(7-10)8-14(19)17(13)15(20)23-12-4-2-11(3-5-12)18(21)22/h1-7H,8H2. The molecule has 1 heterocycles. The number of hydrogen-bond acceptors (Lipinski definition) is 5. The Bertz CT molecular complexity index is 819. The topological polar surface area (TPSA) is 89.8 Å². The van der Waals surface area contributed by atoms with E-state index in [0.29, 0.717) is 16.3 Å². The third kappa shape index (κ3) is 2.86. The molecule has 0 N–H and O–H groups in total. The van der Waals surface area contributed by atoms with Gasteiger partial charge in [-0.3, -0.25) is 14.9 Å². The van der Waals surface area contributed by atoms with Crippen LogP contribution in [0.5, 0.6) is 5.75 Å². The number of non-ortho nitro benzene ring substituents is 1. The summed E-state index contributed by atoms with van der Waals surface area (Å²) in [5.74, 6) is -0.315. The van der Waals surface area contributed by atoms with Gasteiger partial charge >= 0.3 is 6.09 Å². The van der Waals surface area contributed by atoms with Crippen molar-refractivity contribution in [3.05, 3.63) is 63.2 Å². The fourth-order valence-corrected chi connectivity index (χ4v) is 2.47. The lowest BCUT2D eigenvalue weighted by molar-refractivity contribution is -0.384. The molecule has 0 unspecified atom stereocenters. The van der Waals surface area contributed by atoms with Crippen LogP contribution < -0.4 is 9.64 Å². The first-order valence-corrected chi connectivity index (χ1v) is 6.91. The predicted octanol–water partition coefficient (Wildman–Crippen LogP) is 3.34. The number of rotatable bonds is 2. The van der Waals surface area contributed by atoms with Crippen LogP contribution in [0.1, 0.15) is 5.56 Å². The smallest absolute Gasteiger partial charge is 0.410 e. The molecule has 2 aromatic rings. The van der Waals surface area contributed by atoms with Crippen LogP contribution in [0.4, 0.5) is 16.2 Å². The Labute approximate surface area is 135 Å². The van der Waals surface area contributed by atoms with Crippen LogP contribution in [0.25, 0.3) is 0 Å². The van der Waals surface area contributed by atoms with Crippen LogP contribution in [-0.2, 0) is 11.2 Å². The monoisotopic (exact) mass is 332 g/mol. The molecule has 0 aromatic heterocycles. The van der Waals surface area contributed by atoms with E-state index >= 15 is 0 Å². The van der Waals surface area contributed by atoms with Gasteiger partial charge in [-0.2, -0.15) is 0 Å². The molecule has 1 aliphatic rings. The summed E-state index contributed by atoms with van der Waals surface area (Å²) < 4.78 is 5.10. The number of nitrogens with zero attached hydrogens (tertiary/aromatic N) is 2. The minimum absolute atomic E-state index is 0.0608. The van der Waals surface area contributed by atoms with Gasteiger partial charge in [0.15, 0.2) is 0 Å². The van der Waals surface area contributed by atoms with Crippen molar-refractivity contribution in [2.75, 3.05) is 4.90 Å². The molecule has 0 saturated heterocycles. The van der Waals surface area contributed by atoms with E-state index in [1.807, 2.05) is 0 Å². The summed E-state index contributed by atoms with van der Waals surface area (Å²) in [5, 5.41) is 11.1. The number of amides is 2. The van der Waals surface area contributed by atoms with Gasteiger partial charge in [-0.15, -0.1) is 0 Å². The van der Waals surface area contributed by atoms with Gasteiger partial charge in [0.25, 0.3) is 5.69 Å². The van der Waals surface area contributed by atoms with Crippen LogP contribution in [0, 0.1) is 10.1 Å². The Balaban J connectivity index is 1.81. The molecule has 0 bridgehead atoms. The van der Waals surface area contributed by atoms with Crippen molar-refractivity contribution in [1.82, 2.24) is 0 Å². The zero-order chi connectivity index (χ0) is 16.6. The van der Waals surface area contributed by atoms with Gasteiger partial charge in [0.05, 0.1) is 17.0 Å². The van der Waals surface area contributed by atoms with Crippen LogP contribution in [0.3, 0.4) is 0 Å². The van der Waals surface area contributed by atoms with Gasteiger partial charge in [0.2, 0.25) is 5.91 Å². The molecule has 7 nitrogen and oxygen atoms in total. The van der Waals surface area contributed by atoms with Crippen molar-refractivity contribution in [2.45, 2.75) is 6.42 Å². The minimum atomic E-state index is -0.870. The van der Waals surface area contributed by atoms with Gasteiger partial charge < -0.3 is 4.74 Å². The largest absolute Gasteiger partial charge is 0.426 e. The molecular weight excluding hydrogens is 324 g/mol. The average Bonchev–Trinajstić information content (AvgIpc) is 2.82. The lowest BCUT2D eigenvalue weighted by Gasteiger charge is -2.15.